The number of benzene rings is 1. The zero-order valence-corrected chi connectivity index (χ0v) is 19.1. The highest BCUT2D eigenvalue weighted by Gasteiger charge is 2.27. The van der Waals surface area contributed by atoms with Crippen molar-refractivity contribution in [2.75, 3.05) is 56.9 Å². The number of nitrogen functional groups attached to an aromatic ring is 1. The number of rotatable bonds is 3. The lowest BCUT2D eigenvalue weighted by atomic mass is 9.89. The van der Waals surface area contributed by atoms with Gasteiger partial charge in [-0.25, -0.2) is 4.98 Å². The first-order valence-corrected chi connectivity index (χ1v) is 11.6. The minimum atomic E-state index is -0.0180. The number of carbonyl (C=O) groups is 1. The zero-order valence-electron chi connectivity index (χ0n) is 18.4. The number of amides is 1. The highest BCUT2D eigenvalue weighted by Crippen LogP contribution is 2.35. The normalized spacial score (nSPS) is 18.4. The molecule has 3 N–H and O–H groups in total. The number of nitrogens with one attached hydrogen (secondary N) is 1. The van der Waals surface area contributed by atoms with Crippen LogP contribution in [0.25, 0.3) is 11.0 Å². The van der Waals surface area contributed by atoms with Gasteiger partial charge in [-0.1, -0.05) is 11.6 Å². The molecule has 0 aliphatic carbocycles. The molecule has 2 aliphatic heterocycles. The van der Waals surface area contributed by atoms with Gasteiger partial charge in [0.2, 0.25) is 0 Å². The number of nitrogens with two attached hydrogens (primary N) is 1. The fourth-order valence-corrected chi connectivity index (χ4v) is 5.06. The van der Waals surface area contributed by atoms with Crippen LogP contribution in [-0.4, -0.2) is 72.0 Å². The molecule has 2 fully saturated rings. The number of piperidine rings is 1. The van der Waals surface area contributed by atoms with Gasteiger partial charge in [-0.3, -0.25) is 4.79 Å². The van der Waals surface area contributed by atoms with Crippen LogP contribution in [0.15, 0.2) is 36.7 Å². The minimum Gasteiger partial charge on any atom is -0.398 e. The number of likely N-dealkylation sites (N-methyl/N-ethyl adjacent to an activating group) is 1. The van der Waals surface area contributed by atoms with Crippen LogP contribution in [0.1, 0.15) is 34.7 Å². The summed E-state index contributed by atoms with van der Waals surface area (Å²) in [5, 5.41) is 1.75. The number of likely N-dealkylation sites (tertiary alicyclic amines) is 1. The number of nitrogens with zero attached hydrogens (tertiary/aromatic N) is 4. The molecule has 0 bridgehead atoms. The number of anilines is 2. The Balaban J connectivity index is 1.30. The monoisotopic (exact) mass is 452 g/mol. The van der Waals surface area contributed by atoms with E-state index in [2.05, 4.69) is 34.1 Å². The van der Waals surface area contributed by atoms with Crippen molar-refractivity contribution in [1.29, 1.82) is 0 Å². The number of hydrogen-bond acceptors (Lipinski definition) is 5. The molecule has 7 nitrogen and oxygen atoms in total. The second-order valence-electron chi connectivity index (χ2n) is 8.92. The molecule has 0 unspecified atom stereocenters. The van der Waals surface area contributed by atoms with E-state index in [0.717, 1.165) is 44.7 Å². The van der Waals surface area contributed by atoms with Gasteiger partial charge in [0.05, 0.1) is 17.4 Å². The van der Waals surface area contributed by atoms with Crippen molar-refractivity contribution in [3.63, 3.8) is 0 Å². The summed E-state index contributed by atoms with van der Waals surface area (Å²) in [5.74, 6) is 0.385. The summed E-state index contributed by atoms with van der Waals surface area (Å²) in [4.78, 5) is 27.7. The zero-order chi connectivity index (χ0) is 22.2. The van der Waals surface area contributed by atoms with Gasteiger partial charge in [-0.05, 0) is 55.6 Å². The van der Waals surface area contributed by atoms with Gasteiger partial charge >= 0.3 is 0 Å². The first kappa shape index (κ1) is 21.1. The average molecular weight is 453 g/mol. The van der Waals surface area contributed by atoms with Crippen LogP contribution >= 0.6 is 11.6 Å². The topological polar surface area (TPSA) is 81.5 Å². The van der Waals surface area contributed by atoms with Gasteiger partial charge in [0.25, 0.3) is 5.91 Å². The standard InChI is InChI=1S/C24H29ClN6O/c1-29-8-10-30(11-9-29)18-13-20-21(15-28-23(20)27-14-18)16-4-6-31(7-5-16)24(32)19-3-2-17(25)12-22(19)26/h2-3,12-16H,4-11,26H2,1H3,(H,27,28). The highest BCUT2D eigenvalue weighted by molar-refractivity contribution is 6.31. The Bertz CT molecular complexity index is 1130. The van der Waals surface area contributed by atoms with Crippen molar-refractivity contribution in [1.82, 2.24) is 19.8 Å². The molecule has 1 amide bonds. The summed E-state index contributed by atoms with van der Waals surface area (Å²) in [6, 6.07) is 7.36. The number of hydrogen-bond donors (Lipinski definition) is 2. The summed E-state index contributed by atoms with van der Waals surface area (Å²) in [5.41, 5.74) is 10.4. The molecule has 0 atom stereocenters. The fraction of sp³-hybridized carbons (Fsp3) is 0.417. The van der Waals surface area contributed by atoms with Crippen LogP contribution in [0, 0.1) is 0 Å². The van der Waals surface area contributed by atoms with Gasteiger partial charge in [-0.15, -0.1) is 0 Å². The van der Waals surface area contributed by atoms with E-state index in [4.69, 9.17) is 22.3 Å². The van der Waals surface area contributed by atoms with Crippen LogP contribution in [0.2, 0.25) is 5.02 Å². The Kier molecular flexibility index (Phi) is 5.69. The van der Waals surface area contributed by atoms with Gasteiger partial charge in [0.1, 0.15) is 5.65 Å². The third-order valence-corrected chi connectivity index (χ3v) is 7.12. The Labute approximate surface area is 193 Å². The van der Waals surface area contributed by atoms with Gasteiger partial charge in [0.15, 0.2) is 0 Å². The van der Waals surface area contributed by atoms with Gasteiger partial charge in [-0.2, -0.15) is 0 Å². The summed E-state index contributed by atoms with van der Waals surface area (Å²) in [7, 11) is 2.17. The minimum absolute atomic E-state index is 0.0180. The van der Waals surface area contributed by atoms with Crippen molar-refractivity contribution in [3.8, 4) is 0 Å². The van der Waals surface area contributed by atoms with Crippen molar-refractivity contribution in [2.24, 2.45) is 0 Å². The lowest BCUT2D eigenvalue weighted by molar-refractivity contribution is 0.0714. The maximum Gasteiger partial charge on any atom is 0.255 e. The van der Waals surface area contributed by atoms with E-state index >= 15 is 0 Å². The van der Waals surface area contributed by atoms with Crippen molar-refractivity contribution >= 4 is 39.9 Å². The van der Waals surface area contributed by atoms with Crippen LogP contribution in [0.5, 0.6) is 0 Å². The maximum absolute atomic E-state index is 13.0. The largest absolute Gasteiger partial charge is 0.398 e. The molecule has 0 saturated carbocycles. The molecule has 8 heteroatoms. The molecule has 168 valence electrons. The number of H-pyrrole nitrogens is 1. The van der Waals surface area contributed by atoms with Crippen LogP contribution < -0.4 is 10.6 Å². The van der Waals surface area contributed by atoms with Crippen LogP contribution in [0.3, 0.4) is 0 Å². The van der Waals surface area contributed by atoms with Crippen molar-refractivity contribution < 1.29 is 4.79 Å². The molecule has 2 saturated heterocycles. The summed E-state index contributed by atoms with van der Waals surface area (Å²) in [6.07, 6.45) is 5.92. The second-order valence-corrected chi connectivity index (χ2v) is 9.36. The Morgan fingerprint density at radius 2 is 1.88 bits per heavy atom. The molecule has 3 aromatic rings. The molecule has 2 aromatic heterocycles. The molecule has 2 aliphatic rings. The number of piperazine rings is 1. The Morgan fingerprint density at radius 1 is 1.12 bits per heavy atom. The second kappa shape index (κ2) is 8.64. The number of carbonyl (C=O) groups excluding carboxylic acids is 1. The molecule has 0 radical (unpaired) electrons. The molecule has 5 rings (SSSR count). The third-order valence-electron chi connectivity index (χ3n) is 6.88. The van der Waals surface area contributed by atoms with E-state index in [1.165, 1.54) is 16.6 Å². The number of aromatic amines is 1. The van der Waals surface area contributed by atoms with E-state index in [1.54, 1.807) is 18.2 Å². The van der Waals surface area contributed by atoms with Crippen molar-refractivity contribution in [3.05, 3.63) is 52.8 Å². The number of halogens is 1. The highest BCUT2D eigenvalue weighted by atomic mass is 35.5. The molecular weight excluding hydrogens is 424 g/mol. The SMILES string of the molecule is CN1CCN(c2cnc3[nH]cc(C4CCN(C(=O)c5ccc(Cl)cc5N)CC4)c3c2)CC1. The van der Waals surface area contributed by atoms with Crippen LogP contribution in [0.4, 0.5) is 11.4 Å². The predicted octanol–water partition coefficient (Wildman–Crippen LogP) is 3.57. The first-order valence-electron chi connectivity index (χ1n) is 11.2. The molecule has 1 aromatic carbocycles. The summed E-state index contributed by atoms with van der Waals surface area (Å²) < 4.78 is 0. The lowest BCUT2D eigenvalue weighted by Crippen LogP contribution is -2.44. The summed E-state index contributed by atoms with van der Waals surface area (Å²) >= 11 is 5.98. The molecular formula is C24H29ClN6O. The van der Waals surface area contributed by atoms with E-state index in [1.807, 2.05) is 11.1 Å². The maximum atomic E-state index is 13.0. The fourth-order valence-electron chi connectivity index (χ4n) is 4.88. The first-order chi connectivity index (χ1) is 15.5. The van der Waals surface area contributed by atoms with Crippen molar-refractivity contribution in [2.45, 2.75) is 18.8 Å². The van der Waals surface area contributed by atoms with E-state index in [0.29, 0.717) is 35.3 Å². The number of pyridine rings is 1. The van der Waals surface area contributed by atoms with Crippen LogP contribution in [-0.2, 0) is 0 Å². The van der Waals surface area contributed by atoms with Gasteiger partial charge in [0, 0.05) is 61.6 Å². The number of aromatic nitrogens is 2. The molecule has 32 heavy (non-hydrogen) atoms. The third kappa shape index (κ3) is 4.02. The predicted molar refractivity (Wildman–Crippen MR) is 130 cm³/mol. The average Bonchev–Trinajstić information content (AvgIpc) is 3.22. The van der Waals surface area contributed by atoms with E-state index in [9.17, 15) is 4.79 Å². The quantitative estimate of drug-likeness (QED) is 0.594. The molecule has 4 heterocycles. The van der Waals surface area contributed by atoms with E-state index < -0.39 is 0 Å². The Hall–Kier alpha value is -2.77. The summed E-state index contributed by atoms with van der Waals surface area (Å²) in [6.45, 7) is 5.62. The van der Waals surface area contributed by atoms with E-state index in [-0.39, 0.29) is 5.91 Å². The molecule has 0 spiro atoms. The number of fused-ring (bicyclic) bond motifs is 1. The smallest absolute Gasteiger partial charge is 0.255 e. The van der Waals surface area contributed by atoms with Gasteiger partial charge < -0.3 is 25.4 Å². The Morgan fingerprint density at radius 3 is 2.59 bits per heavy atom. The lowest BCUT2D eigenvalue weighted by Gasteiger charge is -2.34.